The van der Waals surface area contributed by atoms with Gasteiger partial charge in [-0.1, -0.05) is 0 Å². The van der Waals surface area contributed by atoms with Crippen LogP contribution in [0.1, 0.15) is 0 Å². The first kappa shape index (κ1) is 6.61. The third kappa shape index (κ3) is 0.787. The van der Waals surface area contributed by atoms with Gasteiger partial charge in [-0.3, -0.25) is 4.79 Å². The van der Waals surface area contributed by atoms with Crippen LogP contribution in [0.5, 0.6) is 0 Å². The van der Waals surface area contributed by atoms with Crippen molar-refractivity contribution in [3.8, 4) is 0 Å². The fourth-order valence-electron chi connectivity index (χ4n) is 0.966. The summed E-state index contributed by atoms with van der Waals surface area (Å²) in [4.78, 5) is 16.6. The summed E-state index contributed by atoms with van der Waals surface area (Å²) < 4.78 is 1.45. The topological polar surface area (TPSA) is 54.5 Å². The van der Waals surface area contributed by atoms with Gasteiger partial charge in [0.1, 0.15) is 5.65 Å². The first-order chi connectivity index (χ1) is 5.81. The van der Waals surface area contributed by atoms with Crippen molar-refractivity contribution < 1.29 is 0 Å². The predicted molar refractivity (Wildman–Crippen MR) is 42.1 cm³/mol. The molecule has 0 aliphatic carbocycles. The van der Waals surface area contributed by atoms with Gasteiger partial charge in [-0.25, -0.2) is 9.36 Å². The van der Waals surface area contributed by atoms with Crippen LogP contribution in [0.3, 0.4) is 0 Å². The van der Waals surface area contributed by atoms with E-state index in [1.54, 1.807) is 0 Å². The van der Waals surface area contributed by atoms with Crippen molar-refractivity contribution in [1.82, 2.24) is 14.6 Å². The summed E-state index contributed by atoms with van der Waals surface area (Å²) in [6.07, 6.45) is 2.93. The minimum atomic E-state index is -0.229. The van der Waals surface area contributed by atoms with Crippen LogP contribution in [0.2, 0.25) is 0 Å². The predicted octanol–water partition coefficient (Wildman–Crippen LogP) is 0.573. The SMILES string of the molecule is [C-]#[N+]c1cnn2ccc(=O)[nH]c12. The normalized spacial score (nSPS) is 9.92. The van der Waals surface area contributed by atoms with Gasteiger partial charge in [0, 0.05) is 12.3 Å². The number of aromatic nitrogens is 3. The quantitative estimate of drug-likeness (QED) is 0.573. The van der Waals surface area contributed by atoms with Gasteiger partial charge >= 0.3 is 0 Å². The number of fused-ring (bicyclic) bond motifs is 1. The molecule has 0 fully saturated rings. The average Bonchev–Trinajstić information content (AvgIpc) is 2.46. The fraction of sp³-hybridized carbons (Fsp3) is 0. The molecule has 0 saturated heterocycles. The van der Waals surface area contributed by atoms with Crippen LogP contribution in [0, 0.1) is 6.57 Å². The summed E-state index contributed by atoms with van der Waals surface area (Å²) in [6, 6.07) is 1.35. The average molecular weight is 160 g/mol. The molecule has 0 unspecified atom stereocenters. The molecule has 2 heterocycles. The number of rotatable bonds is 0. The molecule has 0 aromatic carbocycles. The molecule has 0 bridgehead atoms. The van der Waals surface area contributed by atoms with E-state index >= 15 is 0 Å². The van der Waals surface area contributed by atoms with Gasteiger partial charge in [0.25, 0.3) is 0 Å². The molecule has 0 amide bonds. The Morgan fingerprint density at radius 1 is 1.67 bits per heavy atom. The summed E-state index contributed by atoms with van der Waals surface area (Å²) >= 11 is 0. The first-order valence-electron chi connectivity index (χ1n) is 3.25. The lowest BCUT2D eigenvalue weighted by molar-refractivity contribution is 0.931. The van der Waals surface area contributed by atoms with Crippen molar-refractivity contribution in [3.05, 3.63) is 40.2 Å². The highest BCUT2D eigenvalue weighted by molar-refractivity contribution is 5.66. The molecule has 2 aromatic rings. The maximum Gasteiger partial charge on any atom is 0.250 e. The molecule has 0 spiro atoms. The van der Waals surface area contributed by atoms with Crippen LogP contribution in [-0.4, -0.2) is 14.6 Å². The minimum absolute atomic E-state index is 0.229. The van der Waals surface area contributed by atoms with E-state index in [9.17, 15) is 4.79 Å². The van der Waals surface area contributed by atoms with Crippen LogP contribution in [0.4, 0.5) is 5.69 Å². The number of nitrogens with zero attached hydrogens (tertiary/aromatic N) is 3. The second-order valence-corrected chi connectivity index (χ2v) is 2.24. The molecule has 58 valence electrons. The van der Waals surface area contributed by atoms with Crippen LogP contribution in [0.25, 0.3) is 10.5 Å². The summed E-state index contributed by atoms with van der Waals surface area (Å²) in [5, 5.41) is 3.86. The smallest absolute Gasteiger partial charge is 0.250 e. The molecule has 5 heteroatoms. The second-order valence-electron chi connectivity index (χ2n) is 2.24. The Balaban J connectivity index is 2.95. The van der Waals surface area contributed by atoms with Crippen molar-refractivity contribution in [1.29, 1.82) is 0 Å². The van der Waals surface area contributed by atoms with E-state index in [-0.39, 0.29) is 5.56 Å². The van der Waals surface area contributed by atoms with Crippen molar-refractivity contribution in [2.75, 3.05) is 0 Å². The van der Waals surface area contributed by atoms with Crippen LogP contribution < -0.4 is 5.56 Å². The standard InChI is InChI=1S/C7H4N4O/c1-8-5-4-9-11-3-2-6(12)10-7(5)11/h2-4H,(H,10,12). The van der Waals surface area contributed by atoms with Gasteiger partial charge in [-0.05, 0) is 0 Å². The number of hydrogen-bond donors (Lipinski definition) is 1. The lowest BCUT2D eigenvalue weighted by atomic mass is 10.5. The molecule has 2 rings (SSSR count). The molecule has 5 nitrogen and oxygen atoms in total. The number of nitrogens with one attached hydrogen (secondary N) is 1. The molecule has 0 radical (unpaired) electrons. The molecular weight excluding hydrogens is 156 g/mol. The number of H-pyrrole nitrogens is 1. The molecule has 0 atom stereocenters. The maximum atomic E-state index is 10.8. The Morgan fingerprint density at radius 3 is 3.25 bits per heavy atom. The molecule has 0 aliphatic heterocycles. The highest BCUT2D eigenvalue weighted by Gasteiger charge is 2.02. The monoisotopic (exact) mass is 160 g/mol. The van der Waals surface area contributed by atoms with E-state index in [0.717, 1.165) is 0 Å². The van der Waals surface area contributed by atoms with Gasteiger partial charge in [0.05, 0.1) is 12.8 Å². The largest absolute Gasteiger partial charge is 0.316 e. The van der Waals surface area contributed by atoms with Crippen LogP contribution in [-0.2, 0) is 0 Å². The molecule has 1 N–H and O–H groups in total. The van der Waals surface area contributed by atoms with Gasteiger partial charge in [-0.15, -0.1) is 0 Å². The van der Waals surface area contributed by atoms with Crippen molar-refractivity contribution in [2.24, 2.45) is 0 Å². The summed E-state index contributed by atoms with van der Waals surface area (Å²) in [5.41, 5.74) is 0.568. The van der Waals surface area contributed by atoms with E-state index in [1.165, 1.54) is 23.0 Å². The molecular formula is C7H4N4O. The fourth-order valence-corrected chi connectivity index (χ4v) is 0.966. The Bertz CT molecular complexity index is 516. The zero-order chi connectivity index (χ0) is 8.55. The zero-order valence-electron chi connectivity index (χ0n) is 5.98. The molecule has 0 aliphatic rings. The van der Waals surface area contributed by atoms with E-state index in [2.05, 4.69) is 14.9 Å². The summed E-state index contributed by atoms with van der Waals surface area (Å²) in [7, 11) is 0. The third-order valence-electron chi connectivity index (χ3n) is 1.51. The van der Waals surface area contributed by atoms with E-state index in [0.29, 0.717) is 11.3 Å². The molecule has 0 saturated carbocycles. The first-order valence-corrected chi connectivity index (χ1v) is 3.25. The maximum absolute atomic E-state index is 10.8. The van der Waals surface area contributed by atoms with Gasteiger partial charge in [0.15, 0.2) is 0 Å². The Kier molecular flexibility index (Phi) is 1.21. The van der Waals surface area contributed by atoms with E-state index in [1.807, 2.05) is 0 Å². The Labute approximate surface area is 67.1 Å². The highest BCUT2D eigenvalue weighted by atomic mass is 16.1. The van der Waals surface area contributed by atoms with E-state index < -0.39 is 0 Å². The number of aromatic amines is 1. The third-order valence-corrected chi connectivity index (χ3v) is 1.51. The summed E-state index contributed by atoms with van der Waals surface area (Å²) in [6.45, 7) is 6.76. The molecule has 2 aromatic heterocycles. The van der Waals surface area contributed by atoms with Crippen molar-refractivity contribution in [2.45, 2.75) is 0 Å². The lowest BCUT2D eigenvalue weighted by Crippen LogP contribution is -2.05. The zero-order valence-corrected chi connectivity index (χ0v) is 5.98. The van der Waals surface area contributed by atoms with Gasteiger partial charge in [-0.2, -0.15) is 5.10 Å². The highest BCUT2D eigenvalue weighted by Crippen LogP contribution is 2.14. The lowest BCUT2D eigenvalue weighted by Gasteiger charge is -1.89. The van der Waals surface area contributed by atoms with Crippen LogP contribution >= 0.6 is 0 Å². The Hall–Kier alpha value is -2.09. The molecule has 12 heavy (non-hydrogen) atoms. The Morgan fingerprint density at radius 2 is 2.50 bits per heavy atom. The number of hydrogen-bond acceptors (Lipinski definition) is 2. The van der Waals surface area contributed by atoms with Gasteiger partial charge < -0.3 is 4.98 Å². The summed E-state index contributed by atoms with van der Waals surface area (Å²) in [5.74, 6) is 0. The van der Waals surface area contributed by atoms with Crippen molar-refractivity contribution in [3.63, 3.8) is 0 Å². The van der Waals surface area contributed by atoms with E-state index in [4.69, 9.17) is 6.57 Å². The van der Waals surface area contributed by atoms with Crippen LogP contribution in [0.15, 0.2) is 23.3 Å². The second kappa shape index (κ2) is 2.20. The van der Waals surface area contributed by atoms with Crippen molar-refractivity contribution >= 4 is 11.3 Å². The van der Waals surface area contributed by atoms with Gasteiger partial charge in [0.2, 0.25) is 11.2 Å². The minimum Gasteiger partial charge on any atom is -0.316 e.